The first-order valence-corrected chi connectivity index (χ1v) is 6.71. The summed E-state index contributed by atoms with van der Waals surface area (Å²) in [4.78, 5) is 31.5. The number of likely N-dealkylation sites (N-methyl/N-ethyl adjacent to an activating group) is 2. The fourth-order valence-electron chi connectivity index (χ4n) is 2.77. The van der Waals surface area contributed by atoms with Crippen LogP contribution in [0.2, 0.25) is 0 Å². The number of hydrogen-bond acceptors (Lipinski definition) is 4. The molecule has 2 aliphatic heterocycles. The van der Waals surface area contributed by atoms with Crippen LogP contribution >= 0.6 is 0 Å². The molecule has 0 bridgehead atoms. The molecule has 0 radical (unpaired) electrons. The molecule has 112 valence electrons. The second kappa shape index (κ2) is 4.66. The molecule has 0 aliphatic carbocycles. The minimum Gasteiger partial charge on any atom is -0.381 e. The Balaban J connectivity index is 2.08. The van der Waals surface area contributed by atoms with Crippen LogP contribution in [-0.4, -0.2) is 60.0 Å². The first-order chi connectivity index (χ1) is 9.97. The summed E-state index contributed by atoms with van der Waals surface area (Å²) in [6, 6.07) is -0.920. The molecular formula is C13H18N5O3+. The third kappa shape index (κ3) is 1.79. The number of aromatic nitrogens is 2. The van der Waals surface area contributed by atoms with Gasteiger partial charge in [0.1, 0.15) is 11.9 Å². The van der Waals surface area contributed by atoms with Crippen molar-refractivity contribution >= 4 is 23.7 Å². The van der Waals surface area contributed by atoms with Gasteiger partial charge in [-0.25, -0.2) is 13.9 Å². The molecule has 1 fully saturated rings. The summed E-state index contributed by atoms with van der Waals surface area (Å²) in [5.41, 5.74) is 1.000. The van der Waals surface area contributed by atoms with Gasteiger partial charge in [-0.1, -0.05) is 4.99 Å². The Kier molecular flexibility index (Phi) is 3.05. The maximum absolute atomic E-state index is 12.4. The van der Waals surface area contributed by atoms with E-state index in [-0.39, 0.29) is 11.9 Å². The zero-order valence-electron chi connectivity index (χ0n) is 12.5. The van der Waals surface area contributed by atoms with Crippen LogP contribution in [0, 0.1) is 6.92 Å². The highest BCUT2D eigenvalue weighted by Gasteiger charge is 2.52. The molecule has 0 N–H and O–H groups in total. The van der Waals surface area contributed by atoms with Gasteiger partial charge in [0.05, 0.1) is 13.2 Å². The molecule has 0 spiro atoms. The number of imidazole rings is 1. The highest BCUT2D eigenvalue weighted by atomic mass is 16.5. The molecule has 3 rings (SSSR count). The largest absolute Gasteiger partial charge is 0.402 e. The van der Waals surface area contributed by atoms with E-state index < -0.39 is 6.04 Å². The van der Waals surface area contributed by atoms with Crippen LogP contribution < -0.4 is 4.57 Å². The summed E-state index contributed by atoms with van der Waals surface area (Å²) in [7, 11) is 4.77. The summed E-state index contributed by atoms with van der Waals surface area (Å²) < 4.78 is 8.91. The molecule has 1 aromatic rings. The predicted molar refractivity (Wildman–Crippen MR) is 73.3 cm³/mol. The fraction of sp³-hybridized carbons (Fsp3) is 0.538. The standard InChI is InChI=1S/C13H18N5O3/c1-8-7-18-9-10(14-12(18)17(8)5-6-21-4)15(2)13(20)16(3)11(9)19/h7,9H,5-6H2,1-4H3/q+1. The fourth-order valence-corrected chi connectivity index (χ4v) is 2.77. The Morgan fingerprint density at radius 2 is 2.05 bits per heavy atom. The quantitative estimate of drug-likeness (QED) is 0.727. The first-order valence-electron chi connectivity index (χ1n) is 6.71. The van der Waals surface area contributed by atoms with Crippen molar-refractivity contribution < 1.29 is 18.9 Å². The van der Waals surface area contributed by atoms with Crippen LogP contribution in [0.15, 0.2) is 11.2 Å². The predicted octanol–water partition coefficient (Wildman–Crippen LogP) is -0.161. The van der Waals surface area contributed by atoms with Crippen molar-refractivity contribution in [2.24, 2.45) is 4.99 Å². The van der Waals surface area contributed by atoms with Crippen LogP contribution in [0.1, 0.15) is 11.7 Å². The van der Waals surface area contributed by atoms with Crippen LogP contribution in [0.5, 0.6) is 0 Å². The maximum atomic E-state index is 12.4. The molecule has 3 heterocycles. The van der Waals surface area contributed by atoms with Crippen LogP contribution in [-0.2, 0) is 16.1 Å². The summed E-state index contributed by atoms with van der Waals surface area (Å²) in [6.45, 7) is 3.17. The summed E-state index contributed by atoms with van der Waals surface area (Å²) in [6.07, 6.45) is 1.89. The van der Waals surface area contributed by atoms with E-state index in [0.717, 1.165) is 10.6 Å². The van der Waals surface area contributed by atoms with Gasteiger partial charge in [-0.3, -0.25) is 14.6 Å². The van der Waals surface area contributed by atoms with E-state index in [1.807, 2.05) is 22.3 Å². The number of ether oxygens (including phenoxy) is 1. The Morgan fingerprint density at radius 3 is 2.71 bits per heavy atom. The van der Waals surface area contributed by atoms with E-state index in [1.54, 1.807) is 14.2 Å². The molecular weight excluding hydrogens is 274 g/mol. The van der Waals surface area contributed by atoms with E-state index in [2.05, 4.69) is 4.99 Å². The van der Waals surface area contributed by atoms with E-state index in [4.69, 9.17) is 4.74 Å². The first kappa shape index (κ1) is 13.7. The van der Waals surface area contributed by atoms with Crippen molar-refractivity contribution in [1.82, 2.24) is 14.4 Å². The number of methoxy groups -OCH3 is 1. The minimum atomic E-state index is -0.560. The monoisotopic (exact) mass is 292 g/mol. The SMILES string of the molecule is COCCn1c(C)c[n+]2c1N=C1C2C(=O)N(C)C(=O)N1C. The number of hydrogen-bond donors (Lipinski definition) is 0. The lowest BCUT2D eigenvalue weighted by Crippen LogP contribution is -2.61. The van der Waals surface area contributed by atoms with Gasteiger partial charge in [-0.15, -0.1) is 0 Å². The lowest BCUT2D eigenvalue weighted by Gasteiger charge is -2.30. The summed E-state index contributed by atoms with van der Waals surface area (Å²) in [5, 5.41) is 0. The Bertz CT molecular complexity index is 663. The van der Waals surface area contributed by atoms with Gasteiger partial charge < -0.3 is 4.74 Å². The van der Waals surface area contributed by atoms with Gasteiger partial charge in [0.2, 0.25) is 11.9 Å². The number of carbonyl (C=O) groups is 2. The van der Waals surface area contributed by atoms with Crippen molar-refractivity contribution in [1.29, 1.82) is 0 Å². The number of amides is 3. The minimum absolute atomic E-state index is 0.260. The molecule has 0 aromatic carbocycles. The summed E-state index contributed by atoms with van der Waals surface area (Å²) in [5.74, 6) is 0.890. The highest BCUT2D eigenvalue weighted by Crippen LogP contribution is 2.28. The third-order valence-corrected chi connectivity index (χ3v) is 3.96. The van der Waals surface area contributed by atoms with E-state index in [9.17, 15) is 9.59 Å². The number of imide groups is 1. The number of urea groups is 1. The average Bonchev–Trinajstić information content (AvgIpc) is 2.96. The summed E-state index contributed by atoms with van der Waals surface area (Å²) >= 11 is 0. The lowest BCUT2D eigenvalue weighted by molar-refractivity contribution is -0.677. The zero-order chi connectivity index (χ0) is 15.3. The van der Waals surface area contributed by atoms with Crippen molar-refractivity contribution in [2.45, 2.75) is 19.5 Å². The lowest BCUT2D eigenvalue weighted by atomic mass is 10.2. The normalized spacial score (nSPS) is 20.8. The van der Waals surface area contributed by atoms with Crippen LogP contribution in [0.3, 0.4) is 0 Å². The Labute approximate surface area is 122 Å². The third-order valence-electron chi connectivity index (χ3n) is 3.96. The number of aliphatic imine (C=N–C) groups is 1. The Morgan fingerprint density at radius 1 is 1.33 bits per heavy atom. The molecule has 1 atom stereocenters. The maximum Gasteiger partial charge on any atom is 0.402 e. The second-order valence-corrected chi connectivity index (χ2v) is 5.23. The van der Waals surface area contributed by atoms with Crippen molar-refractivity contribution in [3.63, 3.8) is 0 Å². The molecule has 1 unspecified atom stereocenters. The van der Waals surface area contributed by atoms with Crippen molar-refractivity contribution in [3.05, 3.63) is 11.9 Å². The Hall–Kier alpha value is -2.22. The van der Waals surface area contributed by atoms with E-state index in [1.165, 1.54) is 11.9 Å². The van der Waals surface area contributed by atoms with Gasteiger partial charge in [-0.2, -0.15) is 0 Å². The average molecular weight is 292 g/mol. The van der Waals surface area contributed by atoms with E-state index >= 15 is 0 Å². The molecule has 3 amide bonds. The molecule has 1 saturated heterocycles. The van der Waals surface area contributed by atoms with Crippen LogP contribution in [0.25, 0.3) is 0 Å². The second-order valence-electron chi connectivity index (χ2n) is 5.23. The van der Waals surface area contributed by atoms with Crippen molar-refractivity contribution in [3.8, 4) is 0 Å². The van der Waals surface area contributed by atoms with Crippen molar-refractivity contribution in [2.75, 3.05) is 27.8 Å². The highest BCUT2D eigenvalue weighted by molar-refractivity contribution is 6.18. The molecule has 0 saturated carbocycles. The van der Waals surface area contributed by atoms with Gasteiger partial charge in [0, 0.05) is 21.2 Å². The number of amidine groups is 1. The molecule has 21 heavy (non-hydrogen) atoms. The molecule has 8 heteroatoms. The number of aryl methyl sites for hydroxylation is 1. The number of rotatable bonds is 3. The van der Waals surface area contributed by atoms with E-state index in [0.29, 0.717) is 24.9 Å². The van der Waals surface area contributed by atoms with Gasteiger partial charge in [-0.05, 0) is 6.92 Å². The molecule has 8 nitrogen and oxygen atoms in total. The number of carbonyl (C=O) groups excluding carboxylic acids is 2. The molecule has 2 aliphatic rings. The smallest absolute Gasteiger partial charge is 0.381 e. The van der Waals surface area contributed by atoms with Crippen LogP contribution in [0.4, 0.5) is 10.7 Å². The topological polar surface area (TPSA) is 71.0 Å². The van der Waals surface area contributed by atoms with Gasteiger partial charge in [0.25, 0.3) is 5.91 Å². The molecule has 1 aromatic heterocycles. The zero-order valence-corrected chi connectivity index (χ0v) is 12.5. The number of fused-ring (bicyclic) bond motifs is 3. The van der Waals surface area contributed by atoms with Gasteiger partial charge in [0.15, 0.2) is 0 Å². The number of nitrogens with zero attached hydrogens (tertiary/aromatic N) is 5. The van der Waals surface area contributed by atoms with Gasteiger partial charge >= 0.3 is 12.0 Å².